The summed E-state index contributed by atoms with van der Waals surface area (Å²) in [5.74, 6) is 0.981. The fraction of sp³-hybridized carbons (Fsp3) is 0.440. The highest BCUT2D eigenvalue weighted by Gasteiger charge is 2.29. The lowest BCUT2D eigenvalue weighted by molar-refractivity contribution is -0.127. The number of hydrogen-bond acceptors (Lipinski definition) is 2. The molecule has 1 atom stereocenters. The first-order valence-corrected chi connectivity index (χ1v) is 10.9. The number of halogens is 1. The van der Waals surface area contributed by atoms with Gasteiger partial charge in [0.05, 0.1) is 0 Å². The first kappa shape index (κ1) is 22.8. The number of likely N-dealkylation sites (tertiary alicyclic amines) is 1. The monoisotopic (exact) mass is 424 g/mol. The molecule has 0 aromatic heterocycles. The number of carbonyl (C=O) groups excluding carboxylic acids is 1. The second-order valence-electron chi connectivity index (χ2n) is 8.84. The van der Waals surface area contributed by atoms with Crippen LogP contribution in [0.1, 0.15) is 31.4 Å². The zero-order valence-corrected chi connectivity index (χ0v) is 18.7. The van der Waals surface area contributed by atoms with Gasteiger partial charge in [-0.3, -0.25) is 9.79 Å². The van der Waals surface area contributed by atoms with Crippen LogP contribution in [0.2, 0.25) is 0 Å². The Morgan fingerprint density at radius 2 is 1.84 bits per heavy atom. The van der Waals surface area contributed by atoms with Crippen molar-refractivity contribution in [1.82, 2.24) is 15.5 Å². The molecule has 2 N–H and O–H groups in total. The summed E-state index contributed by atoms with van der Waals surface area (Å²) in [6, 6.07) is 16.9. The van der Waals surface area contributed by atoms with Crippen LogP contribution in [0.5, 0.6) is 0 Å². The molecule has 1 aliphatic rings. The van der Waals surface area contributed by atoms with Gasteiger partial charge in [-0.1, -0.05) is 56.3 Å². The molecule has 1 saturated heterocycles. The predicted octanol–water partition coefficient (Wildman–Crippen LogP) is 3.36. The molecule has 1 heterocycles. The molecule has 0 spiro atoms. The lowest BCUT2D eigenvalue weighted by Crippen LogP contribution is -2.45. The smallest absolute Gasteiger partial charge is 0.223 e. The SMILES string of the molecule is CN=C(NCC1CC(=O)N(CCc2ccccc2)C1)NCC(C)(C)c1ccc(F)cc1. The summed E-state index contributed by atoms with van der Waals surface area (Å²) in [4.78, 5) is 18.7. The van der Waals surface area contributed by atoms with Crippen LogP contribution in [0.4, 0.5) is 4.39 Å². The van der Waals surface area contributed by atoms with Gasteiger partial charge in [-0.2, -0.15) is 0 Å². The van der Waals surface area contributed by atoms with Crippen molar-refractivity contribution in [2.75, 3.05) is 33.2 Å². The summed E-state index contributed by atoms with van der Waals surface area (Å²) in [5, 5.41) is 6.72. The molecule has 1 unspecified atom stereocenters. The Morgan fingerprint density at radius 1 is 1.13 bits per heavy atom. The van der Waals surface area contributed by atoms with Crippen LogP contribution in [0.15, 0.2) is 59.6 Å². The number of aliphatic imine (C=N–C) groups is 1. The van der Waals surface area contributed by atoms with E-state index >= 15 is 0 Å². The normalized spacial score (nSPS) is 17.2. The molecule has 166 valence electrons. The quantitative estimate of drug-likeness (QED) is 0.505. The molecule has 0 aliphatic carbocycles. The maximum atomic E-state index is 13.2. The Labute approximate surface area is 184 Å². The summed E-state index contributed by atoms with van der Waals surface area (Å²) in [6.45, 7) is 7.12. The topological polar surface area (TPSA) is 56.7 Å². The number of carbonyl (C=O) groups is 1. The fourth-order valence-corrected chi connectivity index (χ4v) is 3.88. The van der Waals surface area contributed by atoms with Crippen LogP contribution < -0.4 is 10.6 Å². The van der Waals surface area contributed by atoms with Gasteiger partial charge in [0.2, 0.25) is 5.91 Å². The van der Waals surface area contributed by atoms with Crippen molar-refractivity contribution >= 4 is 11.9 Å². The highest BCUT2D eigenvalue weighted by molar-refractivity contribution is 5.81. The molecule has 0 radical (unpaired) electrons. The maximum Gasteiger partial charge on any atom is 0.223 e. The van der Waals surface area contributed by atoms with Crippen LogP contribution in [-0.4, -0.2) is 50.0 Å². The lowest BCUT2D eigenvalue weighted by atomic mass is 9.84. The highest BCUT2D eigenvalue weighted by Crippen LogP contribution is 2.22. The fourth-order valence-electron chi connectivity index (χ4n) is 3.88. The third kappa shape index (κ3) is 6.54. The molecule has 3 rings (SSSR count). The van der Waals surface area contributed by atoms with Gasteiger partial charge in [-0.25, -0.2) is 4.39 Å². The van der Waals surface area contributed by atoms with E-state index in [1.165, 1.54) is 17.7 Å². The molecule has 2 aromatic carbocycles. The number of hydrogen-bond donors (Lipinski definition) is 2. The van der Waals surface area contributed by atoms with E-state index in [2.05, 4.69) is 41.6 Å². The van der Waals surface area contributed by atoms with Gasteiger partial charge in [0, 0.05) is 51.0 Å². The number of rotatable bonds is 8. The molecule has 2 aromatic rings. The maximum absolute atomic E-state index is 13.2. The van der Waals surface area contributed by atoms with Gasteiger partial charge in [-0.05, 0) is 29.7 Å². The van der Waals surface area contributed by atoms with E-state index < -0.39 is 0 Å². The molecule has 0 saturated carbocycles. The second-order valence-corrected chi connectivity index (χ2v) is 8.84. The van der Waals surface area contributed by atoms with Gasteiger partial charge in [-0.15, -0.1) is 0 Å². The van der Waals surface area contributed by atoms with Crippen molar-refractivity contribution in [3.05, 3.63) is 71.5 Å². The van der Waals surface area contributed by atoms with Crippen molar-refractivity contribution < 1.29 is 9.18 Å². The molecular weight excluding hydrogens is 391 g/mol. The number of guanidine groups is 1. The zero-order valence-electron chi connectivity index (χ0n) is 18.7. The minimum absolute atomic E-state index is 0.178. The molecule has 31 heavy (non-hydrogen) atoms. The van der Waals surface area contributed by atoms with Crippen molar-refractivity contribution in [3.8, 4) is 0 Å². The molecule has 5 nitrogen and oxygen atoms in total. The Bertz CT molecular complexity index is 880. The number of nitrogens with one attached hydrogen (secondary N) is 2. The van der Waals surface area contributed by atoms with Crippen LogP contribution in [0.3, 0.4) is 0 Å². The van der Waals surface area contributed by atoms with Gasteiger partial charge in [0.15, 0.2) is 5.96 Å². The predicted molar refractivity (Wildman–Crippen MR) is 124 cm³/mol. The average molecular weight is 425 g/mol. The Balaban J connectivity index is 1.44. The van der Waals surface area contributed by atoms with Crippen LogP contribution in [0, 0.1) is 11.7 Å². The third-order valence-electron chi connectivity index (χ3n) is 5.91. The third-order valence-corrected chi connectivity index (χ3v) is 5.91. The standard InChI is InChI=1S/C25H33FN4O/c1-25(2,21-9-11-22(26)12-10-21)18-29-24(27-3)28-16-20-15-23(31)30(17-20)14-13-19-7-5-4-6-8-19/h4-12,20H,13-18H2,1-3H3,(H2,27,28,29). The van der Waals surface area contributed by atoms with Gasteiger partial charge >= 0.3 is 0 Å². The van der Waals surface area contributed by atoms with Gasteiger partial charge < -0.3 is 15.5 Å². The van der Waals surface area contributed by atoms with Crippen LogP contribution >= 0.6 is 0 Å². The number of amides is 1. The second kappa shape index (κ2) is 10.4. The summed E-state index contributed by atoms with van der Waals surface area (Å²) in [5.41, 5.74) is 2.14. The van der Waals surface area contributed by atoms with Crippen LogP contribution in [0.25, 0.3) is 0 Å². The first-order valence-electron chi connectivity index (χ1n) is 10.9. The summed E-state index contributed by atoms with van der Waals surface area (Å²) < 4.78 is 13.2. The van der Waals surface area contributed by atoms with E-state index in [1.807, 2.05) is 35.2 Å². The molecule has 1 aliphatic heterocycles. The molecule has 0 bridgehead atoms. The van der Waals surface area contributed by atoms with Gasteiger partial charge in [0.25, 0.3) is 0 Å². The van der Waals surface area contributed by atoms with E-state index in [1.54, 1.807) is 7.05 Å². The van der Waals surface area contributed by atoms with Crippen molar-refractivity contribution in [1.29, 1.82) is 0 Å². The Kier molecular flexibility index (Phi) is 7.66. The zero-order chi connectivity index (χ0) is 22.3. The minimum Gasteiger partial charge on any atom is -0.356 e. The summed E-state index contributed by atoms with van der Waals surface area (Å²) in [7, 11) is 1.74. The molecule has 1 amide bonds. The van der Waals surface area contributed by atoms with Crippen molar-refractivity contribution in [2.45, 2.75) is 32.1 Å². The average Bonchev–Trinajstić information content (AvgIpc) is 3.13. The molecular formula is C25H33FN4O. The highest BCUT2D eigenvalue weighted by atomic mass is 19.1. The summed E-state index contributed by atoms with van der Waals surface area (Å²) >= 11 is 0. The van der Waals surface area contributed by atoms with Crippen molar-refractivity contribution in [2.24, 2.45) is 10.9 Å². The Morgan fingerprint density at radius 3 is 2.52 bits per heavy atom. The molecule has 6 heteroatoms. The van der Waals surface area contributed by atoms with Crippen LogP contribution in [-0.2, 0) is 16.6 Å². The van der Waals surface area contributed by atoms with E-state index in [0.717, 1.165) is 25.1 Å². The first-order chi connectivity index (χ1) is 14.9. The van der Waals surface area contributed by atoms with Gasteiger partial charge in [0.1, 0.15) is 5.82 Å². The van der Waals surface area contributed by atoms with E-state index in [9.17, 15) is 9.18 Å². The number of nitrogens with zero attached hydrogens (tertiary/aromatic N) is 2. The minimum atomic E-state index is -0.228. The Hall–Kier alpha value is -2.89. The van der Waals surface area contributed by atoms with E-state index in [4.69, 9.17) is 0 Å². The largest absolute Gasteiger partial charge is 0.356 e. The lowest BCUT2D eigenvalue weighted by Gasteiger charge is -2.27. The van der Waals surface area contributed by atoms with E-state index in [-0.39, 0.29) is 23.1 Å². The van der Waals surface area contributed by atoms with Crippen molar-refractivity contribution in [3.63, 3.8) is 0 Å². The summed E-state index contributed by atoms with van der Waals surface area (Å²) in [6.07, 6.45) is 1.45. The molecule has 1 fully saturated rings. The number of benzene rings is 2. The van der Waals surface area contributed by atoms with E-state index in [0.29, 0.717) is 25.5 Å².